The maximum atomic E-state index is 13.4. The minimum absolute atomic E-state index is 0.225. The van der Waals surface area contributed by atoms with Gasteiger partial charge in [-0.1, -0.05) is 42.1 Å². The van der Waals surface area contributed by atoms with Crippen molar-refractivity contribution >= 4 is 11.8 Å². The molecule has 0 aliphatic heterocycles. The van der Waals surface area contributed by atoms with Crippen molar-refractivity contribution in [2.45, 2.75) is 37.8 Å². The second-order valence-corrected chi connectivity index (χ2v) is 9.41. The molecule has 1 aromatic heterocycles. The number of thioether (sulfide) groups is 1. The molecule has 4 aromatic rings. The molecule has 0 amide bonds. The smallest absolute Gasteiger partial charge is 0.220 e. The summed E-state index contributed by atoms with van der Waals surface area (Å²) in [5.41, 5.74) is 4.73. The number of nitrogens with zero attached hydrogens (tertiary/aromatic N) is 4. The first-order chi connectivity index (χ1) is 16.8. The molecule has 7 nitrogen and oxygen atoms in total. The van der Waals surface area contributed by atoms with E-state index in [0.717, 1.165) is 22.4 Å². The van der Waals surface area contributed by atoms with Gasteiger partial charge in [0.1, 0.15) is 29.2 Å². The summed E-state index contributed by atoms with van der Waals surface area (Å²) in [7, 11) is 0. The van der Waals surface area contributed by atoms with Gasteiger partial charge in [0.15, 0.2) is 5.16 Å². The van der Waals surface area contributed by atoms with Crippen LogP contribution in [0.4, 0.5) is 4.39 Å². The van der Waals surface area contributed by atoms with Crippen molar-refractivity contribution in [3.8, 4) is 11.4 Å². The van der Waals surface area contributed by atoms with Gasteiger partial charge in [-0.3, -0.25) is 14.7 Å². The summed E-state index contributed by atoms with van der Waals surface area (Å²) in [6.45, 7) is 5.90. The monoisotopic (exact) mass is 492 g/mol. The fourth-order valence-electron chi connectivity index (χ4n) is 3.63. The number of hydrogen-bond acceptors (Lipinski definition) is 6. The van der Waals surface area contributed by atoms with Gasteiger partial charge in [0.25, 0.3) is 0 Å². The summed E-state index contributed by atoms with van der Waals surface area (Å²) < 4.78 is 21.0. The third-order valence-corrected chi connectivity index (χ3v) is 6.83. The quantitative estimate of drug-likeness (QED) is 0.161. The lowest BCUT2D eigenvalue weighted by Gasteiger charge is -2.15. The number of aromatic nitrogens is 3. The highest BCUT2D eigenvalue weighted by atomic mass is 32.2. The molecular formula is C26H25FN4O3S. The molecule has 180 valence electrons. The molecule has 0 aliphatic carbocycles. The van der Waals surface area contributed by atoms with E-state index in [9.17, 15) is 14.5 Å². The Bertz CT molecular complexity index is 1340. The average Bonchev–Trinajstić information content (AvgIpc) is 3.19. The highest BCUT2D eigenvalue weighted by Crippen LogP contribution is 2.36. The van der Waals surface area contributed by atoms with Crippen molar-refractivity contribution in [1.82, 2.24) is 14.8 Å². The van der Waals surface area contributed by atoms with Crippen molar-refractivity contribution in [1.29, 1.82) is 0 Å². The van der Waals surface area contributed by atoms with Gasteiger partial charge in [0, 0.05) is 10.6 Å². The second-order valence-electron chi connectivity index (χ2n) is 8.24. The lowest BCUT2D eigenvalue weighted by Crippen LogP contribution is -2.11. The average molecular weight is 493 g/mol. The van der Waals surface area contributed by atoms with Gasteiger partial charge in [-0.05, 0) is 79.4 Å². The zero-order valence-electron chi connectivity index (χ0n) is 19.6. The van der Waals surface area contributed by atoms with E-state index in [1.807, 2.05) is 49.6 Å². The van der Waals surface area contributed by atoms with Crippen LogP contribution in [0.25, 0.3) is 5.69 Å². The standard InChI is InChI=1S/C26H25FN4O3S/c1-17-7-10-23(13-18(17)2)31-19(3)28-29-26(31)35-25(15-30(32)33)21-8-11-24(12-9-21)34-16-20-5-4-6-22(27)14-20/h4-14,25H,15-16H2,1-3H3/t25-/m1/s1. The number of ether oxygens (including phenoxy) is 1. The van der Waals surface area contributed by atoms with Crippen LogP contribution in [-0.2, 0) is 6.61 Å². The van der Waals surface area contributed by atoms with Gasteiger partial charge >= 0.3 is 0 Å². The highest BCUT2D eigenvalue weighted by molar-refractivity contribution is 7.99. The normalized spacial score (nSPS) is 11.9. The number of halogens is 1. The first-order valence-corrected chi connectivity index (χ1v) is 11.9. The predicted octanol–water partition coefficient (Wildman–Crippen LogP) is 6.02. The van der Waals surface area contributed by atoms with Crippen molar-refractivity contribution in [2.24, 2.45) is 0 Å². The van der Waals surface area contributed by atoms with Crippen molar-refractivity contribution in [3.63, 3.8) is 0 Å². The van der Waals surface area contributed by atoms with Crippen molar-refractivity contribution in [3.05, 3.63) is 111 Å². The van der Waals surface area contributed by atoms with E-state index in [1.165, 1.54) is 29.5 Å². The van der Waals surface area contributed by atoms with E-state index < -0.39 is 5.25 Å². The Hall–Kier alpha value is -3.72. The molecule has 0 saturated heterocycles. The lowest BCUT2D eigenvalue weighted by atomic mass is 10.1. The molecule has 0 fully saturated rings. The maximum absolute atomic E-state index is 13.4. The predicted molar refractivity (Wildman–Crippen MR) is 133 cm³/mol. The van der Waals surface area contributed by atoms with Crippen LogP contribution in [0, 0.1) is 36.7 Å². The van der Waals surface area contributed by atoms with Crippen LogP contribution < -0.4 is 4.74 Å². The third kappa shape index (κ3) is 6.05. The van der Waals surface area contributed by atoms with Gasteiger partial charge in [-0.2, -0.15) is 0 Å². The van der Waals surface area contributed by atoms with Gasteiger partial charge in [-0.15, -0.1) is 10.2 Å². The highest BCUT2D eigenvalue weighted by Gasteiger charge is 2.24. The zero-order valence-corrected chi connectivity index (χ0v) is 20.5. The van der Waals surface area contributed by atoms with Gasteiger partial charge in [-0.25, -0.2) is 4.39 Å². The molecular weight excluding hydrogens is 467 g/mol. The van der Waals surface area contributed by atoms with E-state index in [2.05, 4.69) is 16.3 Å². The molecule has 1 heterocycles. The van der Waals surface area contributed by atoms with Gasteiger partial charge in [0.05, 0.1) is 0 Å². The molecule has 0 radical (unpaired) electrons. The van der Waals surface area contributed by atoms with Crippen LogP contribution in [0.3, 0.4) is 0 Å². The van der Waals surface area contributed by atoms with Crippen LogP contribution in [0.15, 0.2) is 71.9 Å². The van der Waals surface area contributed by atoms with Crippen LogP contribution in [0.5, 0.6) is 5.75 Å². The molecule has 0 N–H and O–H groups in total. The number of aryl methyl sites for hydroxylation is 3. The Kier molecular flexibility index (Phi) is 7.45. The van der Waals surface area contributed by atoms with E-state index in [4.69, 9.17) is 4.74 Å². The van der Waals surface area contributed by atoms with Gasteiger partial charge < -0.3 is 4.74 Å². The second kappa shape index (κ2) is 10.7. The molecule has 0 unspecified atom stereocenters. The van der Waals surface area contributed by atoms with E-state index in [0.29, 0.717) is 16.7 Å². The van der Waals surface area contributed by atoms with Crippen LogP contribution >= 0.6 is 11.8 Å². The summed E-state index contributed by atoms with van der Waals surface area (Å²) in [4.78, 5) is 11.1. The zero-order chi connectivity index (χ0) is 24.9. The fourth-order valence-corrected chi connectivity index (χ4v) is 4.80. The SMILES string of the molecule is Cc1ccc(-n2c(C)nnc2S[C@H](C[N+](=O)[O-])c2ccc(OCc3cccc(F)c3)cc2)cc1C. The summed E-state index contributed by atoms with van der Waals surface area (Å²) in [6.07, 6.45) is 0. The molecule has 9 heteroatoms. The Labute approximate surface area is 207 Å². The topological polar surface area (TPSA) is 83.1 Å². The van der Waals surface area contributed by atoms with E-state index in [-0.39, 0.29) is 23.9 Å². The molecule has 35 heavy (non-hydrogen) atoms. The van der Waals surface area contributed by atoms with E-state index in [1.54, 1.807) is 24.3 Å². The van der Waals surface area contributed by atoms with Crippen molar-refractivity contribution in [2.75, 3.05) is 6.54 Å². The molecule has 0 bridgehead atoms. The van der Waals surface area contributed by atoms with Gasteiger partial charge in [0.2, 0.25) is 6.54 Å². The van der Waals surface area contributed by atoms with Crippen LogP contribution in [0.1, 0.15) is 33.3 Å². The van der Waals surface area contributed by atoms with Crippen LogP contribution in [0.2, 0.25) is 0 Å². The first kappa shape index (κ1) is 24.4. The number of benzene rings is 3. The Morgan fingerprint density at radius 3 is 2.49 bits per heavy atom. The molecule has 3 aromatic carbocycles. The van der Waals surface area contributed by atoms with Crippen LogP contribution in [-0.4, -0.2) is 26.2 Å². The number of nitro groups is 1. The number of rotatable bonds is 9. The largest absolute Gasteiger partial charge is 0.489 e. The minimum Gasteiger partial charge on any atom is -0.489 e. The summed E-state index contributed by atoms with van der Waals surface area (Å²) >= 11 is 1.31. The summed E-state index contributed by atoms with van der Waals surface area (Å²) in [6, 6.07) is 19.5. The molecule has 0 aliphatic rings. The number of hydrogen-bond donors (Lipinski definition) is 0. The summed E-state index contributed by atoms with van der Waals surface area (Å²) in [5, 5.41) is 20.1. The lowest BCUT2D eigenvalue weighted by molar-refractivity contribution is -0.479. The summed E-state index contributed by atoms with van der Waals surface area (Å²) in [5.74, 6) is 0.985. The molecule has 4 rings (SSSR count). The van der Waals surface area contributed by atoms with E-state index >= 15 is 0 Å². The Morgan fingerprint density at radius 1 is 1.03 bits per heavy atom. The maximum Gasteiger partial charge on any atom is 0.220 e. The Morgan fingerprint density at radius 2 is 1.80 bits per heavy atom. The molecule has 0 spiro atoms. The molecule has 1 atom stereocenters. The first-order valence-electron chi connectivity index (χ1n) is 11.1. The molecule has 0 saturated carbocycles. The Balaban J connectivity index is 1.54. The third-order valence-electron chi connectivity index (χ3n) is 5.65. The minimum atomic E-state index is -0.476. The fraction of sp³-hybridized carbons (Fsp3) is 0.231. The van der Waals surface area contributed by atoms with Crippen molar-refractivity contribution < 1.29 is 14.1 Å².